The summed E-state index contributed by atoms with van der Waals surface area (Å²) in [5.74, 6) is -0.423. The summed E-state index contributed by atoms with van der Waals surface area (Å²) in [6, 6.07) is 0. The zero-order valence-electron chi connectivity index (χ0n) is 12.2. The molecular formula is C13H26N2O3S. The molecular weight excluding hydrogens is 264 g/mol. The number of rotatable bonds is 11. The Morgan fingerprint density at radius 1 is 1.16 bits per heavy atom. The molecule has 0 aromatic carbocycles. The lowest BCUT2D eigenvalue weighted by Gasteiger charge is -2.26. The summed E-state index contributed by atoms with van der Waals surface area (Å²) in [5, 5.41) is 0. The van der Waals surface area contributed by atoms with Crippen LogP contribution in [0.3, 0.4) is 0 Å². The standard InChI is InChI=1S/C13H26N2O3S/c1-4-11(12(14)19)13(16)15(7-9-17-5-2)8-10-18-6-3/h11H,4-10H2,1-3H3,(H2,14,19). The maximum absolute atomic E-state index is 12.4. The zero-order chi connectivity index (χ0) is 14.7. The van der Waals surface area contributed by atoms with Crippen molar-refractivity contribution < 1.29 is 14.3 Å². The van der Waals surface area contributed by atoms with E-state index >= 15 is 0 Å². The summed E-state index contributed by atoms with van der Waals surface area (Å²) in [5.41, 5.74) is 5.62. The quantitative estimate of drug-likeness (QED) is 0.457. The summed E-state index contributed by atoms with van der Waals surface area (Å²) in [6.45, 7) is 9.15. The Labute approximate surface area is 121 Å². The molecule has 0 rings (SSSR count). The van der Waals surface area contributed by atoms with E-state index in [4.69, 9.17) is 27.4 Å². The van der Waals surface area contributed by atoms with Gasteiger partial charge in [-0.1, -0.05) is 19.1 Å². The average Bonchev–Trinajstić information content (AvgIpc) is 2.37. The van der Waals surface area contributed by atoms with E-state index in [0.717, 1.165) is 0 Å². The minimum absolute atomic E-state index is 0.0330. The number of thiocarbonyl (C=S) groups is 1. The van der Waals surface area contributed by atoms with Gasteiger partial charge in [0.2, 0.25) is 5.91 Å². The minimum atomic E-state index is -0.391. The first-order chi connectivity index (χ1) is 9.08. The summed E-state index contributed by atoms with van der Waals surface area (Å²) in [6.07, 6.45) is 0.619. The van der Waals surface area contributed by atoms with Crippen LogP contribution in [0.4, 0.5) is 0 Å². The van der Waals surface area contributed by atoms with E-state index in [1.165, 1.54) is 0 Å². The van der Waals surface area contributed by atoms with E-state index < -0.39 is 5.92 Å². The minimum Gasteiger partial charge on any atom is -0.393 e. The fraction of sp³-hybridized carbons (Fsp3) is 0.846. The van der Waals surface area contributed by atoms with Gasteiger partial charge in [0.15, 0.2) is 0 Å². The van der Waals surface area contributed by atoms with Gasteiger partial charge in [0.05, 0.1) is 24.1 Å². The van der Waals surface area contributed by atoms with Gasteiger partial charge in [0.1, 0.15) is 0 Å². The number of nitrogens with zero attached hydrogens (tertiary/aromatic N) is 1. The molecule has 0 saturated carbocycles. The van der Waals surface area contributed by atoms with Crippen molar-refractivity contribution in [3.05, 3.63) is 0 Å². The van der Waals surface area contributed by atoms with Gasteiger partial charge >= 0.3 is 0 Å². The highest BCUT2D eigenvalue weighted by molar-refractivity contribution is 7.80. The third kappa shape index (κ3) is 7.44. The number of carbonyl (C=O) groups excluding carboxylic acids is 1. The highest BCUT2D eigenvalue weighted by Gasteiger charge is 2.24. The van der Waals surface area contributed by atoms with Crippen LogP contribution in [0.5, 0.6) is 0 Å². The summed E-state index contributed by atoms with van der Waals surface area (Å²) in [7, 11) is 0. The third-order valence-corrected chi connectivity index (χ3v) is 3.07. The lowest BCUT2D eigenvalue weighted by atomic mass is 10.1. The summed E-state index contributed by atoms with van der Waals surface area (Å²) >= 11 is 4.95. The van der Waals surface area contributed by atoms with Crippen molar-refractivity contribution >= 4 is 23.1 Å². The molecule has 2 N–H and O–H groups in total. The smallest absolute Gasteiger partial charge is 0.232 e. The largest absolute Gasteiger partial charge is 0.393 e. The van der Waals surface area contributed by atoms with Crippen molar-refractivity contribution in [2.24, 2.45) is 11.7 Å². The summed E-state index contributed by atoms with van der Waals surface area (Å²) < 4.78 is 10.6. The molecule has 19 heavy (non-hydrogen) atoms. The lowest BCUT2D eigenvalue weighted by Crippen LogP contribution is -2.44. The molecule has 0 aromatic rings. The maximum Gasteiger partial charge on any atom is 0.232 e. The summed E-state index contributed by atoms with van der Waals surface area (Å²) in [4.78, 5) is 14.3. The molecule has 0 saturated heterocycles. The van der Waals surface area contributed by atoms with Crippen LogP contribution in [0, 0.1) is 5.92 Å². The number of carbonyl (C=O) groups is 1. The second kappa shape index (κ2) is 11.1. The van der Waals surface area contributed by atoms with Crippen molar-refractivity contribution in [1.29, 1.82) is 0 Å². The Morgan fingerprint density at radius 3 is 1.95 bits per heavy atom. The van der Waals surface area contributed by atoms with Crippen LogP contribution in [-0.4, -0.2) is 55.3 Å². The van der Waals surface area contributed by atoms with Crippen molar-refractivity contribution in [2.75, 3.05) is 39.5 Å². The molecule has 0 aliphatic heterocycles. The van der Waals surface area contributed by atoms with Crippen molar-refractivity contribution in [1.82, 2.24) is 4.90 Å². The molecule has 0 aliphatic rings. The Morgan fingerprint density at radius 2 is 1.63 bits per heavy atom. The topological polar surface area (TPSA) is 64.8 Å². The lowest BCUT2D eigenvalue weighted by molar-refractivity contribution is -0.135. The zero-order valence-corrected chi connectivity index (χ0v) is 13.0. The van der Waals surface area contributed by atoms with E-state index in [9.17, 15) is 4.79 Å². The van der Waals surface area contributed by atoms with E-state index in [0.29, 0.717) is 45.9 Å². The molecule has 6 heteroatoms. The van der Waals surface area contributed by atoms with Gasteiger partial charge in [0, 0.05) is 26.3 Å². The normalized spacial score (nSPS) is 12.2. The van der Waals surface area contributed by atoms with E-state index in [-0.39, 0.29) is 10.9 Å². The van der Waals surface area contributed by atoms with Gasteiger partial charge < -0.3 is 20.1 Å². The number of ether oxygens (including phenoxy) is 2. The molecule has 1 amide bonds. The van der Waals surface area contributed by atoms with E-state index in [1.54, 1.807) is 4.90 Å². The molecule has 0 fully saturated rings. The van der Waals surface area contributed by atoms with Gasteiger partial charge in [0.25, 0.3) is 0 Å². The first-order valence-electron chi connectivity index (χ1n) is 6.81. The Balaban J connectivity index is 4.50. The van der Waals surface area contributed by atoms with E-state index in [2.05, 4.69) is 0 Å². The fourth-order valence-corrected chi connectivity index (χ4v) is 1.96. The van der Waals surface area contributed by atoms with Crippen molar-refractivity contribution in [3.8, 4) is 0 Å². The van der Waals surface area contributed by atoms with Gasteiger partial charge in [-0.15, -0.1) is 0 Å². The van der Waals surface area contributed by atoms with Crippen molar-refractivity contribution in [2.45, 2.75) is 27.2 Å². The molecule has 1 unspecified atom stereocenters. The molecule has 5 nitrogen and oxygen atoms in total. The van der Waals surface area contributed by atoms with Gasteiger partial charge in [-0.05, 0) is 20.3 Å². The first-order valence-corrected chi connectivity index (χ1v) is 7.22. The second-order valence-corrected chi connectivity index (χ2v) is 4.55. The van der Waals surface area contributed by atoms with Gasteiger partial charge in [-0.2, -0.15) is 0 Å². The second-order valence-electron chi connectivity index (χ2n) is 4.08. The molecule has 1 atom stereocenters. The molecule has 0 aromatic heterocycles. The fourth-order valence-electron chi connectivity index (χ4n) is 1.69. The van der Waals surface area contributed by atoms with Crippen molar-refractivity contribution in [3.63, 3.8) is 0 Å². The monoisotopic (exact) mass is 290 g/mol. The number of hydrogen-bond acceptors (Lipinski definition) is 4. The van der Waals surface area contributed by atoms with Crippen LogP contribution in [-0.2, 0) is 14.3 Å². The SMILES string of the molecule is CCOCCN(CCOCC)C(=O)C(CC)C(N)=S. The molecule has 0 heterocycles. The van der Waals surface area contributed by atoms with E-state index in [1.807, 2.05) is 20.8 Å². The maximum atomic E-state index is 12.4. The number of nitrogens with two attached hydrogens (primary N) is 1. The Kier molecular flexibility index (Phi) is 10.7. The van der Waals surface area contributed by atoms with Gasteiger partial charge in [-0.25, -0.2) is 0 Å². The van der Waals surface area contributed by atoms with Crippen LogP contribution in [0.15, 0.2) is 0 Å². The van der Waals surface area contributed by atoms with Crippen LogP contribution in [0.2, 0.25) is 0 Å². The molecule has 0 spiro atoms. The highest BCUT2D eigenvalue weighted by atomic mass is 32.1. The Bertz CT molecular complexity index is 265. The molecule has 0 bridgehead atoms. The van der Waals surface area contributed by atoms with Gasteiger partial charge in [-0.3, -0.25) is 4.79 Å². The molecule has 0 radical (unpaired) electrons. The predicted molar refractivity (Wildman–Crippen MR) is 80.1 cm³/mol. The van der Waals surface area contributed by atoms with Crippen LogP contribution < -0.4 is 5.73 Å². The van der Waals surface area contributed by atoms with Crippen LogP contribution in [0.25, 0.3) is 0 Å². The third-order valence-electron chi connectivity index (χ3n) is 2.78. The number of amides is 1. The molecule has 0 aliphatic carbocycles. The predicted octanol–water partition coefficient (Wildman–Crippen LogP) is 1.20. The van der Waals surface area contributed by atoms with Crippen LogP contribution in [0.1, 0.15) is 27.2 Å². The first kappa shape index (κ1) is 18.3. The Hall–Kier alpha value is -0.720. The molecule has 112 valence electrons. The average molecular weight is 290 g/mol. The number of hydrogen-bond donors (Lipinski definition) is 1. The van der Waals surface area contributed by atoms with Crippen LogP contribution >= 0.6 is 12.2 Å². The highest BCUT2D eigenvalue weighted by Crippen LogP contribution is 2.08.